The zero-order chi connectivity index (χ0) is 30.5. The molecule has 1 aromatic heterocycles. The van der Waals surface area contributed by atoms with Gasteiger partial charge in [0.1, 0.15) is 18.1 Å². The van der Waals surface area contributed by atoms with Gasteiger partial charge in [-0.2, -0.15) is 0 Å². The van der Waals surface area contributed by atoms with Crippen molar-refractivity contribution in [2.75, 3.05) is 6.54 Å². The van der Waals surface area contributed by atoms with Crippen LogP contribution in [0.15, 0.2) is 30.5 Å². The summed E-state index contributed by atoms with van der Waals surface area (Å²) in [6.45, 7) is 4.11. The third-order valence-electron chi connectivity index (χ3n) is 6.64. The van der Waals surface area contributed by atoms with Crippen LogP contribution in [0.2, 0.25) is 0 Å². The van der Waals surface area contributed by atoms with Gasteiger partial charge in [-0.05, 0) is 56.2 Å². The van der Waals surface area contributed by atoms with Crippen molar-refractivity contribution in [3.8, 4) is 0 Å². The number of amides is 3. The Morgan fingerprint density at radius 3 is 2.15 bits per heavy atom. The number of carbonyl (C=O) groups is 5. The van der Waals surface area contributed by atoms with E-state index >= 15 is 0 Å². The largest absolute Gasteiger partial charge is 0.481 e. The zero-order valence-electron chi connectivity index (χ0n) is 23.5. The summed E-state index contributed by atoms with van der Waals surface area (Å²) < 4.78 is 0. The summed E-state index contributed by atoms with van der Waals surface area (Å²) in [7, 11) is 0. The summed E-state index contributed by atoms with van der Waals surface area (Å²) in [5, 5.41) is 27.2. The molecule has 4 atom stereocenters. The van der Waals surface area contributed by atoms with Crippen LogP contribution in [0, 0.1) is 5.92 Å². The van der Waals surface area contributed by atoms with Gasteiger partial charge in [0.2, 0.25) is 17.7 Å². The van der Waals surface area contributed by atoms with Crippen molar-refractivity contribution in [1.82, 2.24) is 20.9 Å². The third kappa shape index (κ3) is 10.8. The van der Waals surface area contributed by atoms with Crippen LogP contribution in [0.4, 0.5) is 0 Å². The van der Waals surface area contributed by atoms with E-state index < -0.39 is 53.8 Å². The average molecular weight is 575 g/mol. The van der Waals surface area contributed by atoms with E-state index in [1.807, 2.05) is 38.1 Å². The average Bonchev–Trinajstić information content (AvgIpc) is 3.32. The van der Waals surface area contributed by atoms with Gasteiger partial charge < -0.3 is 42.6 Å². The van der Waals surface area contributed by atoms with Crippen molar-refractivity contribution in [2.45, 2.75) is 83.0 Å². The Labute approximate surface area is 238 Å². The van der Waals surface area contributed by atoms with E-state index in [2.05, 4.69) is 20.9 Å². The number of hydrogen-bond donors (Lipinski definition) is 8. The smallest absolute Gasteiger partial charge is 0.326 e. The van der Waals surface area contributed by atoms with Crippen LogP contribution in [0.3, 0.4) is 0 Å². The van der Waals surface area contributed by atoms with Crippen LogP contribution in [-0.2, 0) is 30.4 Å². The van der Waals surface area contributed by atoms with E-state index in [0.29, 0.717) is 19.4 Å². The van der Waals surface area contributed by atoms with Crippen molar-refractivity contribution in [2.24, 2.45) is 17.4 Å². The van der Waals surface area contributed by atoms with Crippen molar-refractivity contribution >= 4 is 40.6 Å². The van der Waals surface area contributed by atoms with Gasteiger partial charge in [0.25, 0.3) is 0 Å². The number of aliphatic carboxylic acids is 2. The van der Waals surface area contributed by atoms with E-state index in [-0.39, 0.29) is 38.0 Å². The molecule has 0 saturated carbocycles. The maximum Gasteiger partial charge on any atom is 0.326 e. The lowest BCUT2D eigenvalue weighted by molar-refractivity contribution is -0.142. The van der Waals surface area contributed by atoms with E-state index in [1.165, 1.54) is 0 Å². The number of benzene rings is 1. The number of carboxylic acid groups (broad SMARTS) is 2. The second-order valence-electron chi connectivity index (χ2n) is 10.5. The highest BCUT2D eigenvalue weighted by molar-refractivity contribution is 5.95. The van der Waals surface area contributed by atoms with Crippen molar-refractivity contribution in [1.29, 1.82) is 0 Å². The predicted octanol–water partition coefficient (Wildman–Crippen LogP) is 0.617. The summed E-state index contributed by atoms with van der Waals surface area (Å²) in [4.78, 5) is 65.4. The highest BCUT2D eigenvalue weighted by Gasteiger charge is 2.31. The molecule has 0 saturated heterocycles. The predicted molar refractivity (Wildman–Crippen MR) is 153 cm³/mol. The number of rotatable bonds is 18. The topological polar surface area (TPSA) is 230 Å². The van der Waals surface area contributed by atoms with Crippen LogP contribution < -0.4 is 27.4 Å². The van der Waals surface area contributed by atoms with Gasteiger partial charge in [0.05, 0.1) is 6.04 Å². The molecule has 4 unspecified atom stereocenters. The van der Waals surface area contributed by atoms with Gasteiger partial charge in [0.15, 0.2) is 0 Å². The summed E-state index contributed by atoms with van der Waals surface area (Å²) >= 11 is 0. The van der Waals surface area contributed by atoms with Crippen LogP contribution in [0.25, 0.3) is 10.9 Å². The van der Waals surface area contributed by atoms with Gasteiger partial charge in [-0.3, -0.25) is 19.2 Å². The molecule has 1 aromatic carbocycles. The summed E-state index contributed by atoms with van der Waals surface area (Å²) in [5.41, 5.74) is 12.9. The number of carbonyl (C=O) groups excluding carboxylic acids is 3. The molecule has 0 fully saturated rings. The number of aromatic amines is 1. The van der Waals surface area contributed by atoms with E-state index in [4.69, 9.17) is 16.6 Å². The van der Waals surface area contributed by atoms with Crippen LogP contribution >= 0.6 is 0 Å². The van der Waals surface area contributed by atoms with E-state index in [9.17, 15) is 29.1 Å². The molecule has 226 valence electrons. The highest BCUT2D eigenvalue weighted by atomic mass is 16.4. The first-order chi connectivity index (χ1) is 19.4. The minimum atomic E-state index is -1.19. The molecule has 3 amide bonds. The van der Waals surface area contributed by atoms with Gasteiger partial charge in [0, 0.05) is 29.9 Å². The number of H-pyrrole nitrogens is 1. The Kier molecular flexibility index (Phi) is 13.2. The second-order valence-corrected chi connectivity index (χ2v) is 10.5. The Hall–Kier alpha value is -3.97. The molecule has 0 radical (unpaired) electrons. The molecule has 10 N–H and O–H groups in total. The Morgan fingerprint density at radius 2 is 1.51 bits per heavy atom. The SMILES string of the molecule is CC(C)CC(NC(=O)C(Cc1c[nH]c2ccccc12)NC(=O)C(N)CCC(=O)O)C(=O)NC(CCCCN)C(=O)O. The van der Waals surface area contributed by atoms with Crippen LogP contribution in [-0.4, -0.2) is 75.6 Å². The maximum absolute atomic E-state index is 13.6. The van der Waals surface area contributed by atoms with Crippen molar-refractivity contribution in [3.05, 3.63) is 36.0 Å². The first-order valence-corrected chi connectivity index (χ1v) is 13.8. The third-order valence-corrected chi connectivity index (χ3v) is 6.64. The normalized spacial score (nSPS) is 14.2. The van der Waals surface area contributed by atoms with E-state index in [0.717, 1.165) is 16.5 Å². The Balaban J connectivity index is 2.27. The molecule has 1 heterocycles. The van der Waals surface area contributed by atoms with Gasteiger partial charge in [-0.25, -0.2) is 4.79 Å². The van der Waals surface area contributed by atoms with Crippen LogP contribution in [0.5, 0.6) is 0 Å². The molecule has 0 aliphatic carbocycles. The molecule has 13 nitrogen and oxygen atoms in total. The lowest BCUT2D eigenvalue weighted by Crippen LogP contribution is -2.57. The van der Waals surface area contributed by atoms with Crippen molar-refractivity contribution in [3.63, 3.8) is 0 Å². The summed E-state index contributed by atoms with van der Waals surface area (Å²) in [6, 6.07) is 2.89. The first kappa shape index (κ1) is 33.2. The monoisotopic (exact) mass is 574 g/mol. The fourth-order valence-corrected chi connectivity index (χ4v) is 4.42. The number of para-hydroxylation sites is 1. The fraction of sp³-hybridized carbons (Fsp3) is 0.536. The van der Waals surface area contributed by atoms with E-state index in [1.54, 1.807) is 6.20 Å². The number of hydrogen-bond acceptors (Lipinski definition) is 7. The van der Waals surface area contributed by atoms with Gasteiger partial charge in [-0.1, -0.05) is 32.0 Å². The van der Waals surface area contributed by atoms with Crippen LogP contribution in [0.1, 0.15) is 57.9 Å². The van der Waals surface area contributed by atoms with Gasteiger partial charge >= 0.3 is 11.9 Å². The molecular weight excluding hydrogens is 532 g/mol. The lowest BCUT2D eigenvalue weighted by atomic mass is 10.00. The molecule has 0 aliphatic rings. The van der Waals surface area contributed by atoms with Gasteiger partial charge in [-0.15, -0.1) is 0 Å². The zero-order valence-corrected chi connectivity index (χ0v) is 23.5. The minimum absolute atomic E-state index is 0.0299. The molecule has 41 heavy (non-hydrogen) atoms. The number of nitrogens with one attached hydrogen (secondary N) is 4. The lowest BCUT2D eigenvalue weighted by Gasteiger charge is -2.26. The molecule has 2 aromatic rings. The first-order valence-electron chi connectivity index (χ1n) is 13.8. The molecule has 0 spiro atoms. The Morgan fingerprint density at radius 1 is 0.878 bits per heavy atom. The second kappa shape index (κ2) is 16.3. The minimum Gasteiger partial charge on any atom is -0.481 e. The molecule has 2 rings (SSSR count). The standard InChI is InChI=1S/C28H42N6O7/c1-16(2)13-22(26(38)32-21(28(40)41)9-5-6-12-29)34-27(39)23(33-25(37)19(30)10-11-24(35)36)14-17-15-31-20-8-4-3-7-18(17)20/h3-4,7-8,15-16,19,21-23,31H,5-6,9-14,29-30H2,1-2H3,(H,32,38)(H,33,37)(H,34,39)(H,35,36)(H,40,41). The molecule has 0 bridgehead atoms. The number of nitrogens with two attached hydrogens (primary N) is 2. The number of unbranched alkanes of at least 4 members (excludes halogenated alkanes) is 1. The van der Waals surface area contributed by atoms with Crippen molar-refractivity contribution < 1.29 is 34.2 Å². The number of carboxylic acids is 2. The maximum atomic E-state index is 13.6. The number of fused-ring (bicyclic) bond motifs is 1. The fourth-order valence-electron chi connectivity index (χ4n) is 4.42. The Bertz CT molecular complexity index is 1200. The molecular formula is C28H42N6O7. The molecule has 0 aliphatic heterocycles. The number of aromatic nitrogens is 1. The quantitative estimate of drug-likeness (QED) is 0.116. The summed E-state index contributed by atoms with van der Waals surface area (Å²) in [5.74, 6) is -4.34. The summed E-state index contributed by atoms with van der Waals surface area (Å²) in [6.07, 6.45) is 2.86. The molecule has 13 heteroatoms. The highest BCUT2D eigenvalue weighted by Crippen LogP contribution is 2.19.